The van der Waals surface area contributed by atoms with Gasteiger partial charge < -0.3 is 15.7 Å². The summed E-state index contributed by atoms with van der Waals surface area (Å²) in [6.07, 6.45) is 0. The van der Waals surface area contributed by atoms with Crippen molar-refractivity contribution in [3.8, 4) is 5.75 Å². The van der Waals surface area contributed by atoms with E-state index in [1.54, 1.807) is 0 Å². The number of hydrogen-bond acceptors (Lipinski definition) is 3. The normalized spacial score (nSPS) is 11.6. The number of aryl methyl sites for hydroxylation is 1. The van der Waals surface area contributed by atoms with Crippen molar-refractivity contribution < 1.29 is 5.11 Å². The van der Waals surface area contributed by atoms with Gasteiger partial charge in [-0.1, -0.05) is 6.07 Å². The van der Waals surface area contributed by atoms with Gasteiger partial charge in [0.2, 0.25) is 0 Å². The van der Waals surface area contributed by atoms with Gasteiger partial charge in [0.05, 0.1) is 0 Å². The SMILES string of the molecule is Cc1ccc(NCCNC(C)(C)C)c(C)c1O. The molecule has 0 unspecified atom stereocenters. The van der Waals surface area contributed by atoms with E-state index < -0.39 is 0 Å². The summed E-state index contributed by atoms with van der Waals surface area (Å²) in [6, 6.07) is 3.95. The summed E-state index contributed by atoms with van der Waals surface area (Å²) in [6.45, 7) is 12.0. The molecular weight excluding hydrogens is 212 g/mol. The Kier molecular flexibility index (Phi) is 4.40. The Hall–Kier alpha value is -1.22. The fraction of sp³-hybridized carbons (Fsp3) is 0.571. The maximum absolute atomic E-state index is 9.82. The van der Waals surface area contributed by atoms with E-state index in [0.29, 0.717) is 5.75 Å². The molecule has 3 nitrogen and oxygen atoms in total. The first kappa shape index (κ1) is 13.8. The Morgan fingerprint density at radius 2 is 1.76 bits per heavy atom. The number of phenolic OH excluding ortho intramolecular Hbond substituents is 1. The standard InChI is InChI=1S/C14H24N2O/c1-10-6-7-12(11(2)13(10)17)15-8-9-16-14(3,4)5/h6-7,15-17H,8-9H2,1-5H3. The van der Waals surface area contributed by atoms with Crippen LogP contribution < -0.4 is 10.6 Å². The Labute approximate surface area is 104 Å². The lowest BCUT2D eigenvalue weighted by molar-refractivity contribution is 0.435. The number of benzene rings is 1. The lowest BCUT2D eigenvalue weighted by Crippen LogP contribution is -2.38. The number of aromatic hydroxyl groups is 1. The average molecular weight is 236 g/mol. The van der Waals surface area contributed by atoms with Crippen molar-refractivity contribution in [3.63, 3.8) is 0 Å². The van der Waals surface area contributed by atoms with Crippen molar-refractivity contribution >= 4 is 5.69 Å². The fourth-order valence-corrected chi connectivity index (χ4v) is 1.66. The van der Waals surface area contributed by atoms with Crippen LogP contribution in [0.4, 0.5) is 5.69 Å². The van der Waals surface area contributed by atoms with Crippen LogP contribution in [0.1, 0.15) is 31.9 Å². The first-order valence-corrected chi connectivity index (χ1v) is 6.09. The van der Waals surface area contributed by atoms with Crippen LogP contribution in [0.25, 0.3) is 0 Å². The maximum Gasteiger partial charge on any atom is 0.123 e. The fourth-order valence-electron chi connectivity index (χ4n) is 1.66. The highest BCUT2D eigenvalue weighted by Gasteiger charge is 2.08. The molecule has 0 aliphatic heterocycles. The molecule has 0 saturated carbocycles. The van der Waals surface area contributed by atoms with Gasteiger partial charge >= 0.3 is 0 Å². The van der Waals surface area contributed by atoms with Crippen molar-refractivity contribution in [2.45, 2.75) is 40.2 Å². The molecule has 0 aliphatic carbocycles. The zero-order valence-corrected chi connectivity index (χ0v) is 11.5. The first-order chi connectivity index (χ1) is 7.81. The van der Waals surface area contributed by atoms with Gasteiger partial charge in [0, 0.05) is 29.9 Å². The summed E-state index contributed by atoms with van der Waals surface area (Å²) in [5.41, 5.74) is 2.98. The lowest BCUT2D eigenvalue weighted by Gasteiger charge is -2.21. The third-order valence-corrected chi connectivity index (χ3v) is 2.73. The van der Waals surface area contributed by atoms with Gasteiger partial charge in [0.15, 0.2) is 0 Å². The largest absolute Gasteiger partial charge is 0.507 e. The maximum atomic E-state index is 9.82. The van der Waals surface area contributed by atoms with Gasteiger partial charge in [-0.05, 0) is 46.2 Å². The Morgan fingerprint density at radius 3 is 2.35 bits per heavy atom. The third kappa shape index (κ3) is 4.27. The minimum Gasteiger partial charge on any atom is -0.507 e. The minimum absolute atomic E-state index is 0.145. The molecule has 0 atom stereocenters. The summed E-state index contributed by atoms with van der Waals surface area (Å²) in [5.74, 6) is 0.388. The Bertz CT molecular complexity index is 381. The molecule has 0 bridgehead atoms. The van der Waals surface area contributed by atoms with E-state index in [-0.39, 0.29) is 5.54 Å². The van der Waals surface area contributed by atoms with Crippen LogP contribution in [0.15, 0.2) is 12.1 Å². The van der Waals surface area contributed by atoms with Crippen molar-refractivity contribution in [2.24, 2.45) is 0 Å². The van der Waals surface area contributed by atoms with Crippen LogP contribution in [0, 0.1) is 13.8 Å². The molecule has 0 aliphatic rings. The number of anilines is 1. The second-order valence-electron chi connectivity index (χ2n) is 5.51. The number of rotatable bonds is 4. The highest BCUT2D eigenvalue weighted by molar-refractivity contribution is 5.58. The van der Waals surface area contributed by atoms with Crippen LogP contribution >= 0.6 is 0 Å². The Morgan fingerprint density at radius 1 is 1.12 bits per heavy atom. The first-order valence-electron chi connectivity index (χ1n) is 6.09. The molecule has 1 aromatic rings. The predicted molar refractivity (Wildman–Crippen MR) is 73.8 cm³/mol. The zero-order valence-electron chi connectivity index (χ0n) is 11.5. The van der Waals surface area contributed by atoms with Crippen LogP contribution in [0.5, 0.6) is 5.75 Å². The molecule has 1 aromatic carbocycles. The summed E-state index contributed by atoms with van der Waals surface area (Å²) in [4.78, 5) is 0. The average Bonchev–Trinajstić information content (AvgIpc) is 2.22. The van der Waals surface area contributed by atoms with Gasteiger partial charge in [-0.2, -0.15) is 0 Å². The van der Waals surface area contributed by atoms with Crippen LogP contribution in [-0.2, 0) is 0 Å². The second kappa shape index (κ2) is 5.41. The van der Waals surface area contributed by atoms with E-state index >= 15 is 0 Å². The van der Waals surface area contributed by atoms with E-state index in [0.717, 1.165) is 29.9 Å². The molecule has 17 heavy (non-hydrogen) atoms. The van der Waals surface area contributed by atoms with E-state index in [2.05, 4.69) is 31.4 Å². The van der Waals surface area contributed by atoms with E-state index in [4.69, 9.17) is 0 Å². The number of hydrogen-bond donors (Lipinski definition) is 3. The van der Waals surface area contributed by atoms with E-state index in [9.17, 15) is 5.11 Å². The van der Waals surface area contributed by atoms with E-state index in [1.807, 2.05) is 26.0 Å². The molecule has 0 aromatic heterocycles. The third-order valence-electron chi connectivity index (χ3n) is 2.73. The molecule has 3 N–H and O–H groups in total. The van der Waals surface area contributed by atoms with Crippen molar-refractivity contribution in [1.29, 1.82) is 0 Å². The Balaban J connectivity index is 2.51. The number of phenols is 1. The summed E-state index contributed by atoms with van der Waals surface area (Å²) < 4.78 is 0. The van der Waals surface area contributed by atoms with Gasteiger partial charge in [0.25, 0.3) is 0 Å². The van der Waals surface area contributed by atoms with Gasteiger partial charge in [-0.15, -0.1) is 0 Å². The van der Waals surface area contributed by atoms with Gasteiger partial charge in [-0.3, -0.25) is 0 Å². The van der Waals surface area contributed by atoms with Crippen molar-refractivity contribution in [2.75, 3.05) is 18.4 Å². The van der Waals surface area contributed by atoms with Crippen molar-refractivity contribution in [1.82, 2.24) is 5.32 Å². The highest BCUT2D eigenvalue weighted by atomic mass is 16.3. The lowest BCUT2D eigenvalue weighted by atomic mass is 10.1. The molecule has 0 radical (unpaired) electrons. The molecular formula is C14H24N2O. The molecule has 0 spiro atoms. The zero-order chi connectivity index (χ0) is 13.1. The predicted octanol–water partition coefficient (Wildman–Crippen LogP) is 2.81. The monoisotopic (exact) mass is 236 g/mol. The molecule has 0 saturated heterocycles. The van der Waals surface area contributed by atoms with Crippen LogP contribution in [0.2, 0.25) is 0 Å². The van der Waals surface area contributed by atoms with E-state index in [1.165, 1.54) is 0 Å². The van der Waals surface area contributed by atoms with Crippen molar-refractivity contribution in [3.05, 3.63) is 23.3 Å². The topological polar surface area (TPSA) is 44.3 Å². The quantitative estimate of drug-likeness (QED) is 0.704. The molecule has 0 amide bonds. The molecule has 1 rings (SSSR count). The number of nitrogens with one attached hydrogen (secondary N) is 2. The molecule has 0 fully saturated rings. The van der Waals surface area contributed by atoms with Gasteiger partial charge in [0.1, 0.15) is 5.75 Å². The summed E-state index contributed by atoms with van der Waals surface area (Å²) >= 11 is 0. The smallest absolute Gasteiger partial charge is 0.123 e. The molecule has 96 valence electrons. The highest BCUT2D eigenvalue weighted by Crippen LogP contribution is 2.27. The minimum atomic E-state index is 0.145. The molecule has 3 heteroatoms. The van der Waals surface area contributed by atoms with Crippen LogP contribution in [-0.4, -0.2) is 23.7 Å². The summed E-state index contributed by atoms with van der Waals surface area (Å²) in [5, 5.41) is 16.6. The summed E-state index contributed by atoms with van der Waals surface area (Å²) in [7, 11) is 0. The molecule has 0 heterocycles. The second-order valence-corrected chi connectivity index (χ2v) is 5.51. The van der Waals surface area contributed by atoms with Crippen LogP contribution in [0.3, 0.4) is 0 Å². The van der Waals surface area contributed by atoms with Gasteiger partial charge in [-0.25, -0.2) is 0 Å².